The normalized spacial score (nSPS) is 39.8. The highest BCUT2D eigenvalue weighted by molar-refractivity contribution is 7.61. The molecule has 0 radical (unpaired) electrons. The number of rotatable bonds is 1. The van der Waals surface area contributed by atoms with Crippen molar-refractivity contribution < 1.29 is 62.2 Å². The Morgan fingerprint density at radius 3 is 2.00 bits per heavy atom. The number of aliphatic hydroxyl groups excluding tert-OH is 4. The number of fused-ring (bicyclic) bond motifs is 7. The number of nitrogens with zero attached hydrogens (tertiary/aromatic N) is 4. The van der Waals surface area contributed by atoms with E-state index < -0.39 is 83.5 Å². The lowest BCUT2D eigenvalue weighted by Gasteiger charge is -2.21. The van der Waals surface area contributed by atoms with Crippen molar-refractivity contribution in [2.45, 2.75) is 49.1 Å². The molecule has 0 aliphatic carbocycles. The summed E-state index contributed by atoms with van der Waals surface area (Å²) in [4.78, 5) is 42.2. The summed E-state index contributed by atoms with van der Waals surface area (Å²) in [7, 11) is -10.6. The van der Waals surface area contributed by atoms with Crippen LogP contribution in [0.25, 0.3) is 22.6 Å². The Kier molecular flexibility index (Phi) is 7.27. The second-order valence-electron chi connectivity index (χ2n) is 9.50. The molecule has 4 aliphatic heterocycles. The van der Waals surface area contributed by atoms with Crippen molar-refractivity contribution in [1.82, 2.24) is 19.1 Å². The van der Waals surface area contributed by atoms with Crippen molar-refractivity contribution >= 4 is 26.8 Å². The molecule has 2 saturated heterocycles. The molecule has 0 saturated carbocycles. The number of imidazole rings is 1. The van der Waals surface area contributed by atoms with Gasteiger partial charge in [-0.15, -0.1) is 0 Å². The van der Waals surface area contributed by atoms with Gasteiger partial charge >= 0.3 is 15.6 Å². The van der Waals surface area contributed by atoms with Crippen LogP contribution in [0, 0.1) is 0 Å². The van der Waals surface area contributed by atoms with Gasteiger partial charge < -0.3 is 39.7 Å². The monoisotopic (exact) mass is 618 g/mol. The van der Waals surface area contributed by atoms with Crippen LogP contribution in [-0.4, -0.2) is 99.2 Å². The summed E-state index contributed by atoms with van der Waals surface area (Å²) in [5, 5.41) is 42.6. The first-order valence-electron chi connectivity index (χ1n) is 12.1. The number of hydrogen-bond donors (Lipinski definition) is 6. The third-order valence-electron chi connectivity index (χ3n) is 6.87. The first-order chi connectivity index (χ1) is 19.4. The first-order valence-corrected chi connectivity index (χ1v) is 15.1. The predicted octanol–water partition coefficient (Wildman–Crippen LogP) is -1.24. The van der Waals surface area contributed by atoms with Crippen LogP contribution in [0.5, 0.6) is 0 Å². The van der Waals surface area contributed by atoms with Gasteiger partial charge in [-0.05, 0) is 0 Å². The van der Waals surface area contributed by atoms with E-state index in [0.29, 0.717) is 5.56 Å². The molecule has 3 aromatic rings. The van der Waals surface area contributed by atoms with E-state index in [1.807, 2.05) is 0 Å². The number of hydrogen-bond acceptors (Lipinski definition) is 14. The molecule has 6 heterocycles. The van der Waals surface area contributed by atoms with Crippen LogP contribution in [-0.2, 0) is 32.0 Å². The average molecular weight is 618 g/mol. The number of aliphatic hydroxyl groups is 4. The molecular formula is C21H24N4O14P2. The topological polar surface area (TPSA) is 254 Å². The molecule has 18 nitrogen and oxygen atoms in total. The molecule has 6 N–H and O–H groups in total. The maximum Gasteiger partial charge on any atom is 0.481 e. The molecule has 2 fully saturated rings. The van der Waals surface area contributed by atoms with Gasteiger partial charge in [-0.3, -0.25) is 23.0 Å². The van der Waals surface area contributed by atoms with Crippen LogP contribution in [0.3, 0.4) is 0 Å². The largest absolute Gasteiger partial charge is 0.481 e. The molecule has 0 amide bonds. The van der Waals surface area contributed by atoms with Gasteiger partial charge in [0.1, 0.15) is 48.8 Å². The minimum atomic E-state index is -5.33. The number of phosphoric acid groups is 2. The predicted molar refractivity (Wildman–Crippen MR) is 132 cm³/mol. The van der Waals surface area contributed by atoms with Gasteiger partial charge in [0.25, 0.3) is 5.56 Å². The minimum Gasteiger partial charge on any atom is -0.387 e. The Bertz CT molecular complexity index is 1620. The Morgan fingerprint density at radius 2 is 1.39 bits per heavy atom. The van der Waals surface area contributed by atoms with E-state index in [1.165, 1.54) is 4.57 Å². The smallest absolute Gasteiger partial charge is 0.387 e. The first kappa shape index (κ1) is 28.7. The fraction of sp³-hybridized carbons (Fsp3) is 0.476. The van der Waals surface area contributed by atoms with E-state index in [9.17, 15) is 44.1 Å². The summed E-state index contributed by atoms with van der Waals surface area (Å²) in [5.74, 6) is 0.0928. The van der Waals surface area contributed by atoms with Crippen molar-refractivity contribution in [3.63, 3.8) is 0 Å². The maximum absolute atomic E-state index is 13.6. The third-order valence-corrected chi connectivity index (χ3v) is 9.47. The highest BCUT2D eigenvalue weighted by Crippen LogP contribution is 2.60. The van der Waals surface area contributed by atoms with Gasteiger partial charge in [0.05, 0.1) is 13.2 Å². The Labute approximate surface area is 229 Å². The lowest BCUT2D eigenvalue weighted by atomic mass is 10.1. The highest BCUT2D eigenvalue weighted by Gasteiger charge is 2.49. The molecule has 2 unspecified atom stereocenters. The van der Waals surface area contributed by atoms with Crippen LogP contribution in [0.2, 0.25) is 0 Å². The summed E-state index contributed by atoms with van der Waals surface area (Å²) >= 11 is 0. The average Bonchev–Trinajstić information content (AvgIpc) is 3.54. The van der Waals surface area contributed by atoms with Crippen LogP contribution < -0.4 is 5.56 Å². The third kappa shape index (κ3) is 5.10. The summed E-state index contributed by atoms with van der Waals surface area (Å²) in [6, 6.07) is 8.42. The van der Waals surface area contributed by atoms with Gasteiger partial charge in [-0.2, -0.15) is 4.31 Å². The quantitative estimate of drug-likeness (QED) is 0.174. The molecule has 41 heavy (non-hydrogen) atoms. The molecule has 7 rings (SSSR count). The Balaban J connectivity index is 1.52. The SMILES string of the molecule is O=c1c2nc(-c3ccccc3)n3c2ncn1[C@@H]1O[C@H](COP(=O)(O)OP(=O)(O)OC[C@H]2O[C@@H]3[C@H](O)[C@@H]2O)[C@@H](O)[C@H]1O. The van der Waals surface area contributed by atoms with Crippen molar-refractivity contribution in [1.29, 1.82) is 0 Å². The number of benzene rings is 1. The molecule has 10 atom stereocenters. The molecule has 8 bridgehead atoms. The van der Waals surface area contributed by atoms with Crippen molar-refractivity contribution in [2.24, 2.45) is 0 Å². The highest BCUT2D eigenvalue weighted by atomic mass is 31.3. The summed E-state index contributed by atoms with van der Waals surface area (Å²) < 4.78 is 51.7. The van der Waals surface area contributed by atoms with Gasteiger partial charge in [0.15, 0.2) is 23.6 Å². The van der Waals surface area contributed by atoms with Crippen LogP contribution in [0.15, 0.2) is 41.5 Å². The second kappa shape index (κ2) is 10.4. The van der Waals surface area contributed by atoms with E-state index in [-0.39, 0.29) is 17.0 Å². The van der Waals surface area contributed by atoms with Gasteiger partial charge in [0, 0.05) is 5.56 Å². The van der Waals surface area contributed by atoms with Crippen molar-refractivity contribution in [2.75, 3.05) is 13.2 Å². The lowest BCUT2D eigenvalue weighted by molar-refractivity contribution is -0.0559. The van der Waals surface area contributed by atoms with Crippen molar-refractivity contribution in [3.8, 4) is 11.4 Å². The second-order valence-corrected chi connectivity index (χ2v) is 12.5. The van der Waals surface area contributed by atoms with Gasteiger partial charge in [0.2, 0.25) is 0 Å². The molecule has 0 spiro atoms. The Hall–Kier alpha value is -2.41. The van der Waals surface area contributed by atoms with E-state index in [4.69, 9.17) is 14.0 Å². The molecule has 4 aliphatic rings. The van der Waals surface area contributed by atoms with Crippen molar-refractivity contribution in [3.05, 3.63) is 47.0 Å². The van der Waals surface area contributed by atoms with E-state index in [1.54, 1.807) is 30.3 Å². The van der Waals surface area contributed by atoms with Crippen LogP contribution in [0.4, 0.5) is 0 Å². The zero-order chi connectivity index (χ0) is 29.3. The number of phosphoric ester groups is 2. The van der Waals surface area contributed by atoms with E-state index >= 15 is 0 Å². The Morgan fingerprint density at radius 1 is 0.829 bits per heavy atom. The molecule has 2 aromatic heterocycles. The lowest BCUT2D eigenvalue weighted by Crippen LogP contribution is -2.36. The summed E-state index contributed by atoms with van der Waals surface area (Å²) in [5.41, 5.74) is -0.704. The molecule has 20 heteroatoms. The van der Waals surface area contributed by atoms with Crippen LogP contribution in [0.1, 0.15) is 12.5 Å². The minimum absolute atomic E-state index is 0.0886. The maximum atomic E-state index is 13.6. The zero-order valence-electron chi connectivity index (χ0n) is 20.6. The fourth-order valence-corrected chi connectivity index (χ4v) is 6.98. The molecule has 222 valence electrons. The summed E-state index contributed by atoms with van der Waals surface area (Å²) in [6.07, 6.45) is -11.9. The fourth-order valence-electron chi connectivity index (χ4n) is 4.89. The number of aromatic nitrogens is 4. The number of ether oxygens (including phenoxy) is 2. The zero-order valence-corrected chi connectivity index (χ0v) is 22.4. The standard InChI is InChI=1S/C21H24N4O14P2/c26-13-10-6-35-40(31,32)39-41(33,34)36-7-11-14(27)16(29)21(38-11)25-17(9-4-2-1-3-5-9)23-12-18(25)22-8-24(19(12)30)20(37-10)15(13)28/h1-5,8,10-11,13-16,20-21,26-29H,6-7H2,(H,31,32)(H,33,34)/t10-,11-,13-,14-,15-,16-,20-,21-/m1/s1. The van der Waals surface area contributed by atoms with E-state index in [2.05, 4.69) is 18.8 Å². The summed E-state index contributed by atoms with van der Waals surface area (Å²) in [6.45, 7) is -1.81. The molecular weight excluding hydrogens is 594 g/mol. The van der Waals surface area contributed by atoms with Gasteiger partial charge in [-0.1, -0.05) is 30.3 Å². The van der Waals surface area contributed by atoms with Crippen LogP contribution >= 0.6 is 15.6 Å². The van der Waals surface area contributed by atoms with Gasteiger partial charge in [-0.25, -0.2) is 19.1 Å². The molecule has 1 aromatic carbocycles. The van der Waals surface area contributed by atoms with E-state index in [0.717, 1.165) is 10.9 Å².